The molecule has 0 aliphatic heterocycles. The van der Waals surface area contributed by atoms with Crippen molar-refractivity contribution in [1.29, 1.82) is 0 Å². The van der Waals surface area contributed by atoms with Crippen LogP contribution in [0.2, 0.25) is 0 Å². The molecule has 24 heavy (non-hydrogen) atoms. The van der Waals surface area contributed by atoms with Crippen LogP contribution in [0, 0.1) is 10.1 Å². The molecule has 0 fully saturated rings. The second-order valence-corrected chi connectivity index (χ2v) is 5.06. The Morgan fingerprint density at radius 1 is 1.25 bits per heavy atom. The van der Waals surface area contributed by atoms with E-state index in [1.165, 1.54) is 6.07 Å². The van der Waals surface area contributed by atoms with E-state index in [0.29, 0.717) is 24.7 Å². The lowest BCUT2D eigenvalue weighted by Gasteiger charge is -2.12. The third-order valence-corrected chi connectivity index (χ3v) is 3.26. The van der Waals surface area contributed by atoms with Gasteiger partial charge in [0.15, 0.2) is 5.96 Å². The number of nitrogens with zero attached hydrogens (tertiary/aromatic N) is 2. The first-order valence-electron chi connectivity index (χ1n) is 7.93. The lowest BCUT2D eigenvalue weighted by atomic mass is 10.2. The van der Waals surface area contributed by atoms with E-state index in [0.717, 1.165) is 32.4 Å². The zero-order valence-corrected chi connectivity index (χ0v) is 16.6. The van der Waals surface area contributed by atoms with Crippen molar-refractivity contribution < 1.29 is 9.66 Å². The molecule has 8 heteroatoms. The van der Waals surface area contributed by atoms with Gasteiger partial charge in [0.1, 0.15) is 0 Å². The number of halogens is 1. The zero-order chi connectivity index (χ0) is 16.9. The fourth-order valence-electron chi connectivity index (χ4n) is 1.97. The number of rotatable bonds is 10. The molecule has 0 aliphatic rings. The molecule has 0 unspecified atom stereocenters. The lowest BCUT2D eigenvalue weighted by Crippen LogP contribution is -2.37. The average molecular weight is 450 g/mol. The third kappa shape index (κ3) is 9.02. The molecule has 7 nitrogen and oxygen atoms in total. The minimum atomic E-state index is -0.374. The monoisotopic (exact) mass is 450 g/mol. The maximum Gasteiger partial charge on any atom is 0.274 e. The Balaban J connectivity index is 0.00000529. The van der Waals surface area contributed by atoms with E-state index >= 15 is 0 Å². The normalized spacial score (nSPS) is 10.8. The number of nitrogens with one attached hydrogen (secondary N) is 2. The lowest BCUT2D eigenvalue weighted by molar-refractivity contribution is -0.385. The van der Waals surface area contributed by atoms with Gasteiger partial charge in [-0.25, -0.2) is 0 Å². The van der Waals surface area contributed by atoms with Crippen molar-refractivity contribution >= 4 is 35.6 Å². The molecule has 1 rings (SSSR count). The summed E-state index contributed by atoms with van der Waals surface area (Å²) in [4.78, 5) is 14.7. The number of nitro benzene ring substituents is 1. The molecule has 136 valence electrons. The quantitative estimate of drug-likeness (QED) is 0.143. The van der Waals surface area contributed by atoms with Gasteiger partial charge < -0.3 is 15.4 Å². The van der Waals surface area contributed by atoms with E-state index < -0.39 is 0 Å². The summed E-state index contributed by atoms with van der Waals surface area (Å²) in [7, 11) is 1.67. The van der Waals surface area contributed by atoms with Crippen molar-refractivity contribution in [2.75, 3.05) is 26.8 Å². The summed E-state index contributed by atoms with van der Waals surface area (Å²) in [6, 6.07) is 6.68. The molecule has 0 bridgehead atoms. The van der Waals surface area contributed by atoms with Gasteiger partial charge in [0.2, 0.25) is 0 Å². The second-order valence-electron chi connectivity index (χ2n) is 5.06. The smallest absolute Gasteiger partial charge is 0.274 e. The van der Waals surface area contributed by atoms with Crippen LogP contribution in [0.5, 0.6) is 0 Å². The van der Waals surface area contributed by atoms with E-state index in [-0.39, 0.29) is 34.6 Å². The minimum absolute atomic E-state index is 0. The molecule has 1 aromatic rings. The van der Waals surface area contributed by atoms with E-state index in [4.69, 9.17) is 4.74 Å². The average Bonchev–Trinajstić information content (AvgIpc) is 2.57. The van der Waals surface area contributed by atoms with Crippen LogP contribution in [0.25, 0.3) is 0 Å². The van der Waals surface area contributed by atoms with Crippen molar-refractivity contribution in [1.82, 2.24) is 10.6 Å². The van der Waals surface area contributed by atoms with Crippen molar-refractivity contribution in [2.24, 2.45) is 4.99 Å². The van der Waals surface area contributed by atoms with Crippen LogP contribution in [0.15, 0.2) is 29.3 Å². The number of benzene rings is 1. The minimum Gasteiger partial charge on any atom is -0.381 e. The summed E-state index contributed by atoms with van der Waals surface area (Å²) in [5.41, 5.74) is 0.739. The summed E-state index contributed by atoms with van der Waals surface area (Å²) in [6.07, 6.45) is 3.11. The maximum absolute atomic E-state index is 11.0. The van der Waals surface area contributed by atoms with Crippen LogP contribution in [-0.4, -0.2) is 37.7 Å². The highest BCUT2D eigenvalue weighted by molar-refractivity contribution is 14.0. The molecule has 0 atom stereocenters. The largest absolute Gasteiger partial charge is 0.381 e. The van der Waals surface area contributed by atoms with Crippen LogP contribution in [-0.2, 0) is 11.3 Å². The van der Waals surface area contributed by atoms with Crippen molar-refractivity contribution in [3.8, 4) is 0 Å². The van der Waals surface area contributed by atoms with E-state index in [2.05, 4.69) is 22.5 Å². The van der Waals surface area contributed by atoms with Gasteiger partial charge in [0, 0.05) is 45.0 Å². The van der Waals surface area contributed by atoms with E-state index in [1.807, 2.05) is 0 Å². The van der Waals surface area contributed by atoms with Crippen molar-refractivity contribution in [3.05, 3.63) is 39.9 Å². The second kappa shape index (κ2) is 14.0. The summed E-state index contributed by atoms with van der Waals surface area (Å²) >= 11 is 0. The predicted molar refractivity (Wildman–Crippen MR) is 107 cm³/mol. The number of ether oxygens (including phenoxy) is 1. The Kier molecular flexibility index (Phi) is 13.1. The van der Waals surface area contributed by atoms with Gasteiger partial charge in [-0.05, 0) is 12.8 Å². The Morgan fingerprint density at radius 3 is 2.62 bits per heavy atom. The SMILES string of the molecule is CCCCOCCCNC(=NC)NCc1ccccc1[N+](=O)[O-].I. The van der Waals surface area contributed by atoms with E-state index in [9.17, 15) is 10.1 Å². The van der Waals surface area contributed by atoms with Gasteiger partial charge in [-0.3, -0.25) is 15.1 Å². The molecule has 0 amide bonds. The number of aliphatic imine (C=N–C) groups is 1. The van der Waals surface area contributed by atoms with Gasteiger partial charge in [-0.15, -0.1) is 24.0 Å². The Labute approximate surface area is 160 Å². The van der Waals surface area contributed by atoms with Crippen molar-refractivity contribution in [2.45, 2.75) is 32.7 Å². The van der Waals surface area contributed by atoms with Crippen LogP contribution in [0.4, 0.5) is 5.69 Å². The van der Waals surface area contributed by atoms with Gasteiger partial charge in [-0.2, -0.15) is 0 Å². The Bertz CT molecular complexity index is 512. The number of nitro groups is 1. The summed E-state index contributed by atoms with van der Waals surface area (Å²) in [6.45, 7) is 4.75. The van der Waals surface area contributed by atoms with Crippen LogP contribution in [0.1, 0.15) is 31.7 Å². The molecule has 0 aliphatic carbocycles. The molecule has 0 saturated carbocycles. The van der Waals surface area contributed by atoms with Gasteiger partial charge in [0.05, 0.1) is 4.92 Å². The molecule has 0 heterocycles. The topological polar surface area (TPSA) is 88.8 Å². The highest BCUT2D eigenvalue weighted by Crippen LogP contribution is 2.16. The van der Waals surface area contributed by atoms with Crippen molar-refractivity contribution in [3.63, 3.8) is 0 Å². The molecule has 0 spiro atoms. The van der Waals surface area contributed by atoms with Gasteiger partial charge in [-0.1, -0.05) is 31.5 Å². The molecule has 2 N–H and O–H groups in total. The van der Waals surface area contributed by atoms with Crippen LogP contribution in [0.3, 0.4) is 0 Å². The third-order valence-electron chi connectivity index (χ3n) is 3.26. The molecule has 0 saturated heterocycles. The Hall–Kier alpha value is -1.42. The first kappa shape index (κ1) is 22.6. The molecular weight excluding hydrogens is 423 g/mol. The molecular formula is C16H27IN4O3. The molecule has 0 aromatic heterocycles. The van der Waals surface area contributed by atoms with Crippen LogP contribution < -0.4 is 10.6 Å². The van der Waals surface area contributed by atoms with Gasteiger partial charge >= 0.3 is 0 Å². The van der Waals surface area contributed by atoms with Gasteiger partial charge in [0.25, 0.3) is 5.69 Å². The highest BCUT2D eigenvalue weighted by Gasteiger charge is 2.12. The molecule has 1 aromatic carbocycles. The number of hydrogen-bond donors (Lipinski definition) is 2. The molecule has 0 radical (unpaired) electrons. The first-order valence-corrected chi connectivity index (χ1v) is 7.93. The standard InChI is InChI=1S/C16H26N4O3.HI/c1-3-4-11-23-12-7-10-18-16(17-2)19-13-14-8-5-6-9-15(14)20(21)22;/h5-6,8-9H,3-4,7,10-13H2,1-2H3,(H2,17,18,19);1H. The number of hydrogen-bond acceptors (Lipinski definition) is 4. The predicted octanol–water partition coefficient (Wildman–Crippen LogP) is 3.08. The zero-order valence-electron chi connectivity index (χ0n) is 14.3. The summed E-state index contributed by atoms with van der Waals surface area (Å²) < 4.78 is 5.49. The van der Waals surface area contributed by atoms with Crippen LogP contribution >= 0.6 is 24.0 Å². The summed E-state index contributed by atoms with van der Waals surface area (Å²) in [5.74, 6) is 0.622. The van der Waals surface area contributed by atoms with E-state index in [1.54, 1.807) is 25.2 Å². The Morgan fingerprint density at radius 2 is 1.96 bits per heavy atom. The highest BCUT2D eigenvalue weighted by atomic mass is 127. The maximum atomic E-state index is 11.0. The first-order chi connectivity index (χ1) is 11.2. The fraction of sp³-hybridized carbons (Fsp3) is 0.562. The number of para-hydroxylation sites is 1. The number of guanidine groups is 1. The fourth-order valence-corrected chi connectivity index (χ4v) is 1.97. The summed E-state index contributed by atoms with van der Waals surface area (Å²) in [5, 5.41) is 17.2. The number of unbranched alkanes of at least 4 members (excludes halogenated alkanes) is 1.